The Morgan fingerprint density at radius 2 is 2.17 bits per heavy atom. The lowest BCUT2D eigenvalue weighted by atomic mass is 10.1. The van der Waals surface area contributed by atoms with Crippen molar-refractivity contribution in [2.45, 2.75) is 71.2 Å². The fourth-order valence-electron chi connectivity index (χ4n) is 3.24. The molecule has 24 heavy (non-hydrogen) atoms. The van der Waals surface area contributed by atoms with Crippen molar-refractivity contribution in [3.63, 3.8) is 0 Å². The van der Waals surface area contributed by atoms with Gasteiger partial charge in [-0.2, -0.15) is 0 Å². The van der Waals surface area contributed by atoms with Gasteiger partial charge in [-0.05, 0) is 40.0 Å². The maximum Gasteiger partial charge on any atom is 0.315 e. The number of quaternary nitrogens is 1. The van der Waals surface area contributed by atoms with Crippen molar-refractivity contribution in [1.29, 1.82) is 0 Å². The smallest absolute Gasteiger partial charge is 0.315 e. The van der Waals surface area contributed by atoms with E-state index >= 15 is 0 Å². The maximum absolute atomic E-state index is 12.3. The van der Waals surface area contributed by atoms with Crippen LogP contribution in [0.5, 0.6) is 0 Å². The third-order valence-electron chi connectivity index (χ3n) is 4.92. The Labute approximate surface area is 145 Å². The minimum atomic E-state index is -0.219. The average molecular weight is 341 g/mol. The molecular weight excluding hydrogens is 308 g/mol. The average Bonchev–Trinajstić information content (AvgIpc) is 3.26. The minimum absolute atomic E-state index is 0.00626. The topological polar surface area (TPSA) is 72.4 Å². The van der Waals surface area contributed by atoms with E-state index in [0.717, 1.165) is 30.8 Å². The molecule has 6 nitrogen and oxygen atoms in total. The van der Waals surface area contributed by atoms with Crippen LogP contribution in [0.1, 0.15) is 53.4 Å². The number of carbonyl (C=O) groups excluding carboxylic acids is 2. The van der Waals surface area contributed by atoms with Crippen molar-refractivity contribution in [3.05, 3.63) is 0 Å². The molecule has 4 unspecified atom stereocenters. The van der Waals surface area contributed by atoms with Gasteiger partial charge in [0.1, 0.15) is 12.6 Å². The zero-order valence-corrected chi connectivity index (χ0v) is 15.5. The summed E-state index contributed by atoms with van der Waals surface area (Å²) < 4.78 is 11.3. The minimum Gasteiger partial charge on any atom is -0.376 e. The van der Waals surface area contributed by atoms with Crippen LogP contribution in [-0.4, -0.2) is 55.9 Å². The second kappa shape index (κ2) is 8.41. The zero-order chi connectivity index (χ0) is 17.7. The number of ether oxygens (including phenoxy) is 2. The maximum atomic E-state index is 12.3. The van der Waals surface area contributed by atoms with Gasteiger partial charge < -0.3 is 14.8 Å². The Balaban J connectivity index is 1.66. The second-order valence-corrected chi connectivity index (χ2v) is 7.73. The van der Waals surface area contributed by atoms with E-state index in [0.29, 0.717) is 26.1 Å². The van der Waals surface area contributed by atoms with Crippen LogP contribution in [0, 0.1) is 5.92 Å². The van der Waals surface area contributed by atoms with Gasteiger partial charge in [0, 0.05) is 13.2 Å². The Kier molecular flexibility index (Phi) is 6.78. The first-order valence-electron chi connectivity index (χ1n) is 9.27. The van der Waals surface area contributed by atoms with E-state index in [-0.39, 0.29) is 35.5 Å². The molecule has 0 aromatic carbocycles. The van der Waals surface area contributed by atoms with Gasteiger partial charge in [0.05, 0.1) is 30.6 Å². The summed E-state index contributed by atoms with van der Waals surface area (Å²) in [7, 11) is 0. The van der Waals surface area contributed by atoms with Crippen molar-refractivity contribution in [3.8, 4) is 0 Å². The molecule has 0 radical (unpaired) electrons. The quantitative estimate of drug-likeness (QED) is 0.592. The largest absolute Gasteiger partial charge is 0.376 e. The van der Waals surface area contributed by atoms with E-state index in [4.69, 9.17) is 9.47 Å². The number of hydrogen-bond donors (Lipinski definition) is 2. The molecular formula is C18H33N2O4+. The standard InChI is InChI=1S/C18H32N2O4/c1-5-10-23-18(3,4)7-8-19-16(21)6-9-20-12-15-14(24-15)11-13(2)17(20)22/h13-15H,5-12H2,1-4H3,(H,19,21)/p+1. The van der Waals surface area contributed by atoms with E-state index in [1.54, 1.807) is 0 Å². The van der Waals surface area contributed by atoms with Crippen LogP contribution in [0.3, 0.4) is 0 Å². The highest BCUT2D eigenvalue weighted by atomic mass is 16.6. The molecule has 2 aliphatic rings. The van der Waals surface area contributed by atoms with Gasteiger partial charge in [0.25, 0.3) is 0 Å². The van der Waals surface area contributed by atoms with E-state index in [1.807, 2.05) is 20.8 Å². The SMILES string of the molecule is CCCOC(C)(C)CCNC(=O)CC[NH+]1CC2OC2CC(C)C1=O. The third-order valence-corrected chi connectivity index (χ3v) is 4.92. The predicted octanol–water partition coefficient (Wildman–Crippen LogP) is 0.307. The molecule has 0 bridgehead atoms. The molecule has 0 aliphatic carbocycles. The highest BCUT2D eigenvalue weighted by Crippen LogP contribution is 2.29. The van der Waals surface area contributed by atoms with Gasteiger partial charge in [-0.3, -0.25) is 9.69 Å². The van der Waals surface area contributed by atoms with E-state index < -0.39 is 0 Å². The van der Waals surface area contributed by atoms with Crippen LogP contribution in [-0.2, 0) is 19.1 Å². The number of carbonyl (C=O) groups is 2. The van der Waals surface area contributed by atoms with Crippen LogP contribution in [0.25, 0.3) is 0 Å². The fourth-order valence-corrected chi connectivity index (χ4v) is 3.24. The Morgan fingerprint density at radius 3 is 2.88 bits per heavy atom. The summed E-state index contributed by atoms with van der Waals surface area (Å²) in [5, 5.41) is 2.94. The normalized spacial score (nSPS) is 29.8. The molecule has 2 aliphatic heterocycles. The van der Waals surface area contributed by atoms with Crippen molar-refractivity contribution in [2.24, 2.45) is 5.92 Å². The Bertz CT molecular complexity index is 452. The zero-order valence-electron chi connectivity index (χ0n) is 15.5. The summed E-state index contributed by atoms with van der Waals surface area (Å²) in [5.74, 6) is 0.261. The molecule has 2 heterocycles. The van der Waals surface area contributed by atoms with Crippen molar-refractivity contribution in [2.75, 3.05) is 26.2 Å². The van der Waals surface area contributed by atoms with Crippen molar-refractivity contribution >= 4 is 11.8 Å². The number of likely N-dealkylation sites (tertiary alicyclic amines) is 1. The van der Waals surface area contributed by atoms with Crippen molar-refractivity contribution < 1.29 is 24.0 Å². The van der Waals surface area contributed by atoms with Gasteiger partial charge in [-0.1, -0.05) is 6.92 Å². The monoisotopic (exact) mass is 341 g/mol. The lowest BCUT2D eigenvalue weighted by Gasteiger charge is -2.25. The first-order chi connectivity index (χ1) is 11.3. The van der Waals surface area contributed by atoms with Gasteiger partial charge in [0.15, 0.2) is 0 Å². The molecule has 2 N–H and O–H groups in total. The van der Waals surface area contributed by atoms with Crippen LogP contribution < -0.4 is 10.2 Å². The van der Waals surface area contributed by atoms with E-state index in [9.17, 15) is 9.59 Å². The summed E-state index contributed by atoms with van der Waals surface area (Å²) in [4.78, 5) is 25.3. The van der Waals surface area contributed by atoms with Gasteiger partial charge in [0.2, 0.25) is 5.91 Å². The summed E-state index contributed by atoms with van der Waals surface area (Å²) >= 11 is 0. The molecule has 0 aromatic rings. The predicted molar refractivity (Wildman–Crippen MR) is 90.7 cm³/mol. The van der Waals surface area contributed by atoms with Crippen LogP contribution in [0.2, 0.25) is 0 Å². The number of rotatable bonds is 9. The first-order valence-corrected chi connectivity index (χ1v) is 9.27. The fraction of sp³-hybridized carbons (Fsp3) is 0.889. The van der Waals surface area contributed by atoms with Gasteiger partial charge >= 0.3 is 5.91 Å². The second-order valence-electron chi connectivity index (χ2n) is 7.73. The molecule has 0 spiro atoms. The molecule has 2 saturated heterocycles. The molecule has 0 aromatic heterocycles. The van der Waals surface area contributed by atoms with Crippen molar-refractivity contribution in [1.82, 2.24) is 5.32 Å². The highest BCUT2D eigenvalue weighted by Gasteiger charge is 2.49. The first kappa shape index (κ1) is 19.3. The number of fused-ring (bicyclic) bond motifs is 1. The number of epoxide rings is 1. The lowest BCUT2D eigenvalue weighted by Crippen LogP contribution is -3.15. The number of hydrogen-bond acceptors (Lipinski definition) is 4. The molecule has 2 amide bonds. The van der Waals surface area contributed by atoms with Crippen LogP contribution in [0.15, 0.2) is 0 Å². The van der Waals surface area contributed by atoms with Crippen LogP contribution in [0.4, 0.5) is 0 Å². The lowest BCUT2D eigenvalue weighted by molar-refractivity contribution is -0.821. The van der Waals surface area contributed by atoms with Gasteiger partial charge in [-0.25, -0.2) is 4.79 Å². The molecule has 4 atom stereocenters. The molecule has 2 rings (SSSR count). The van der Waals surface area contributed by atoms with Gasteiger partial charge in [-0.15, -0.1) is 0 Å². The Hall–Kier alpha value is -0.980. The van der Waals surface area contributed by atoms with E-state index in [2.05, 4.69) is 12.2 Å². The summed E-state index contributed by atoms with van der Waals surface area (Å²) in [6.45, 7) is 10.7. The molecule has 138 valence electrons. The summed E-state index contributed by atoms with van der Waals surface area (Å²) in [6, 6.07) is 0. The molecule has 2 fully saturated rings. The highest BCUT2D eigenvalue weighted by molar-refractivity contribution is 5.76. The summed E-state index contributed by atoms with van der Waals surface area (Å²) in [6.07, 6.45) is 3.46. The third kappa shape index (κ3) is 5.83. The Morgan fingerprint density at radius 1 is 1.42 bits per heavy atom. The summed E-state index contributed by atoms with van der Waals surface area (Å²) in [5.41, 5.74) is -0.219. The molecule has 0 saturated carbocycles. The number of amides is 2. The van der Waals surface area contributed by atoms with E-state index in [1.165, 1.54) is 0 Å². The van der Waals surface area contributed by atoms with Crippen LogP contribution >= 0.6 is 0 Å². The number of nitrogens with one attached hydrogen (secondary N) is 2. The molecule has 6 heteroatoms.